The van der Waals surface area contributed by atoms with Crippen LogP contribution in [0.5, 0.6) is 11.5 Å². The smallest absolute Gasteiger partial charge is 0.226 e. The lowest BCUT2D eigenvalue weighted by Crippen LogP contribution is -2.36. The third kappa shape index (κ3) is 4.96. The van der Waals surface area contributed by atoms with Gasteiger partial charge < -0.3 is 20.1 Å². The van der Waals surface area contributed by atoms with Gasteiger partial charge in [-0.25, -0.2) is 0 Å². The molecule has 1 fully saturated rings. The van der Waals surface area contributed by atoms with E-state index in [1.165, 1.54) is 0 Å². The molecule has 0 unspecified atom stereocenters. The first-order chi connectivity index (χ1) is 11.5. The number of amides is 1. The van der Waals surface area contributed by atoms with Gasteiger partial charge in [0.25, 0.3) is 0 Å². The quantitative estimate of drug-likeness (QED) is 0.726. The molecule has 1 aliphatic rings. The summed E-state index contributed by atoms with van der Waals surface area (Å²) in [6.45, 7) is 1.15. The number of benzene rings is 1. The van der Waals surface area contributed by atoms with E-state index in [2.05, 4.69) is 0 Å². The number of thioether (sulfide) groups is 1. The number of ether oxygens (including phenoxy) is 2. The van der Waals surface area contributed by atoms with Crippen LogP contribution >= 0.6 is 24.2 Å². The molecule has 0 bridgehead atoms. The Balaban J connectivity index is 0.00000312. The highest BCUT2D eigenvalue weighted by Gasteiger charge is 2.33. The molecule has 0 spiro atoms. The third-order valence-corrected chi connectivity index (χ3v) is 5.67. The largest absolute Gasteiger partial charge is 0.493 e. The lowest BCUT2D eigenvalue weighted by atomic mass is 9.94. The van der Waals surface area contributed by atoms with Crippen LogP contribution in [0.1, 0.15) is 24.8 Å². The molecule has 1 aromatic rings. The van der Waals surface area contributed by atoms with Gasteiger partial charge >= 0.3 is 0 Å². The zero-order valence-electron chi connectivity index (χ0n) is 15.4. The van der Waals surface area contributed by atoms with Gasteiger partial charge in [0.1, 0.15) is 0 Å². The maximum absolute atomic E-state index is 12.8. The molecule has 1 amide bonds. The molecular formula is C18H29ClN2O3S. The molecule has 0 aliphatic heterocycles. The number of hydrogen-bond donors (Lipinski definition) is 1. The lowest BCUT2D eigenvalue weighted by Gasteiger charge is -2.25. The van der Waals surface area contributed by atoms with Gasteiger partial charge in [-0.05, 0) is 49.3 Å². The second-order valence-corrected chi connectivity index (χ2v) is 7.09. The molecule has 2 atom stereocenters. The number of nitrogens with two attached hydrogens (primary N) is 1. The van der Waals surface area contributed by atoms with E-state index in [9.17, 15) is 4.79 Å². The van der Waals surface area contributed by atoms with Crippen LogP contribution in [0, 0.1) is 11.8 Å². The Bertz CT molecular complexity index is 586. The van der Waals surface area contributed by atoms with E-state index in [0.717, 1.165) is 29.7 Å². The van der Waals surface area contributed by atoms with Crippen molar-refractivity contribution in [2.24, 2.45) is 17.6 Å². The van der Waals surface area contributed by atoms with Crippen LogP contribution in [0.4, 0.5) is 0 Å². The zero-order chi connectivity index (χ0) is 17.7. The van der Waals surface area contributed by atoms with Crippen molar-refractivity contribution in [3.05, 3.63) is 17.7 Å². The molecule has 7 heteroatoms. The summed E-state index contributed by atoms with van der Waals surface area (Å²) in [5.74, 6) is 1.98. The summed E-state index contributed by atoms with van der Waals surface area (Å²) in [4.78, 5) is 15.7. The molecular weight excluding hydrogens is 360 g/mol. The minimum atomic E-state index is 0. The van der Waals surface area contributed by atoms with E-state index in [-0.39, 0.29) is 24.2 Å². The van der Waals surface area contributed by atoms with Gasteiger partial charge in [-0.15, -0.1) is 24.2 Å². The van der Waals surface area contributed by atoms with Gasteiger partial charge in [-0.3, -0.25) is 4.79 Å². The van der Waals surface area contributed by atoms with Gasteiger partial charge in [0.05, 0.1) is 14.2 Å². The summed E-state index contributed by atoms with van der Waals surface area (Å²) in [5.41, 5.74) is 6.89. The Morgan fingerprint density at radius 3 is 2.48 bits per heavy atom. The van der Waals surface area contributed by atoms with Crippen LogP contribution in [0.3, 0.4) is 0 Å². The number of nitrogens with zero attached hydrogens (tertiary/aromatic N) is 1. The Kier molecular flexibility index (Phi) is 8.89. The standard InChI is InChI=1S/C18H28N2O3S.ClH/c1-20(18(21)14-7-5-6-12(14)10-19)11-13-8-15(22-2)16(23-3)9-17(13)24-4;/h8-9,12,14H,5-7,10-11,19H2,1-4H3;1H/t12-,14-;/m1./s1. The monoisotopic (exact) mass is 388 g/mol. The highest BCUT2D eigenvalue weighted by Crippen LogP contribution is 2.36. The summed E-state index contributed by atoms with van der Waals surface area (Å²) < 4.78 is 10.8. The lowest BCUT2D eigenvalue weighted by molar-refractivity contribution is -0.135. The SMILES string of the molecule is COc1cc(CN(C)C(=O)[C@@H]2CCC[C@@H]2CN)c(SC)cc1OC.Cl. The van der Waals surface area contributed by atoms with Crippen molar-refractivity contribution < 1.29 is 14.3 Å². The van der Waals surface area contributed by atoms with Gasteiger partial charge in [0.2, 0.25) is 5.91 Å². The molecule has 2 rings (SSSR count). The van der Waals surface area contributed by atoms with Crippen LogP contribution < -0.4 is 15.2 Å². The molecule has 0 aromatic heterocycles. The van der Waals surface area contributed by atoms with Gasteiger partial charge in [-0.1, -0.05) is 6.42 Å². The Labute approximate surface area is 161 Å². The van der Waals surface area contributed by atoms with Crippen molar-refractivity contribution in [3.8, 4) is 11.5 Å². The number of carbonyl (C=O) groups is 1. The highest BCUT2D eigenvalue weighted by molar-refractivity contribution is 7.98. The first-order valence-electron chi connectivity index (χ1n) is 8.29. The van der Waals surface area contributed by atoms with Gasteiger partial charge in [0.15, 0.2) is 11.5 Å². The van der Waals surface area contributed by atoms with Crippen LogP contribution in [0.25, 0.3) is 0 Å². The summed E-state index contributed by atoms with van der Waals surface area (Å²) in [6, 6.07) is 3.93. The Hall–Kier alpha value is -1.11. The van der Waals surface area contributed by atoms with E-state index in [1.807, 2.05) is 30.3 Å². The fourth-order valence-electron chi connectivity index (χ4n) is 3.48. The van der Waals surface area contributed by atoms with Crippen molar-refractivity contribution in [1.82, 2.24) is 4.90 Å². The van der Waals surface area contributed by atoms with Crippen LogP contribution in [0.2, 0.25) is 0 Å². The third-order valence-electron chi connectivity index (χ3n) is 4.85. The van der Waals surface area contributed by atoms with Crippen molar-refractivity contribution in [2.75, 3.05) is 34.1 Å². The van der Waals surface area contributed by atoms with E-state index in [0.29, 0.717) is 30.5 Å². The number of hydrogen-bond acceptors (Lipinski definition) is 5. The highest BCUT2D eigenvalue weighted by atomic mass is 35.5. The average Bonchev–Trinajstić information content (AvgIpc) is 3.09. The summed E-state index contributed by atoms with van der Waals surface area (Å²) >= 11 is 1.64. The normalized spacial score (nSPS) is 19.2. The molecule has 1 aliphatic carbocycles. The Morgan fingerprint density at radius 2 is 1.92 bits per heavy atom. The first kappa shape index (κ1) is 21.9. The van der Waals surface area contributed by atoms with Crippen molar-refractivity contribution >= 4 is 30.1 Å². The minimum absolute atomic E-state index is 0. The Morgan fingerprint density at radius 1 is 1.28 bits per heavy atom. The minimum Gasteiger partial charge on any atom is -0.493 e. The topological polar surface area (TPSA) is 64.8 Å². The van der Waals surface area contributed by atoms with E-state index >= 15 is 0 Å². The number of rotatable bonds is 7. The van der Waals surface area contributed by atoms with E-state index in [4.69, 9.17) is 15.2 Å². The predicted molar refractivity (Wildman–Crippen MR) is 105 cm³/mol. The molecule has 0 heterocycles. The van der Waals surface area contributed by atoms with Crippen molar-refractivity contribution in [3.63, 3.8) is 0 Å². The molecule has 1 aromatic carbocycles. The number of halogens is 1. The molecule has 25 heavy (non-hydrogen) atoms. The van der Waals surface area contributed by atoms with E-state index < -0.39 is 0 Å². The molecule has 142 valence electrons. The van der Waals surface area contributed by atoms with Crippen molar-refractivity contribution in [2.45, 2.75) is 30.7 Å². The maximum atomic E-state index is 12.8. The van der Waals surface area contributed by atoms with Gasteiger partial charge in [-0.2, -0.15) is 0 Å². The molecule has 0 saturated heterocycles. The number of carbonyl (C=O) groups excluding carboxylic acids is 1. The maximum Gasteiger partial charge on any atom is 0.226 e. The van der Waals surface area contributed by atoms with Crippen LogP contribution in [-0.2, 0) is 11.3 Å². The van der Waals surface area contributed by atoms with E-state index in [1.54, 1.807) is 26.0 Å². The number of methoxy groups -OCH3 is 2. The van der Waals surface area contributed by atoms with Crippen LogP contribution in [0.15, 0.2) is 17.0 Å². The first-order valence-corrected chi connectivity index (χ1v) is 9.52. The molecule has 0 radical (unpaired) electrons. The summed E-state index contributed by atoms with van der Waals surface area (Å²) in [5, 5.41) is 0. The fraction of sp³-hybridized carbons (Fsp3) is 0.611. The van der Waals surface area contributed by atoms with Gasteiger partial charge in [0, 0.05) is 24.4 Å². The zero-order valence-corrected chi connectivity index (χ0v) is 17.0. The summed E-state index contributed by atoms with van der Waals surface area (Å²) in [7, 11) is 5.12. The van der Waals surface area contributed by atoms with Crippen LogP contribution in [-0.4, -0.2) is 44.9 Å². The fourth-order valence-corrected chi connectivity index (χ4v) is 4.09. The molecule has 2 N–H and O–H groups in total. The second kappa shape index (κ2) is 10.1. The van der Waals surface area contributed by atoms with Crippen molar-refractivity contribution in [1.29, 1.82) is 0 Å². The molecule has 5 nitrogen and oxygen atoms in total. The average molecular weight is 389 g/mol. The summed E-state index contributed by atoms with van der Waals surface area (Å²) in [6.07, 6.45) is 5.13. The predicted octanol–water partition coefficient (Wildman–Crippen LogP) is 3.18. The second-order valence-electron chi connectivity index (χ2n) is 6.25. The molecule has 1 saturated carbocycles.